The maximum atomic E-state index is 11.3. The van der Waals surface area contributed by atoms with Gasteiger partial charge in [-0.2, -0.15) is 0 Å². The van der Waals surface area contributed by atoms with Gasteiger partial charge in [-0.3, -0.25) is 10.1 Å². The Hall–Kier alpha value is -0.610. The van der Waals surface area contributed by atoms with E-state index in [1.165, 1.54) is 0 Å². The molecule has 1 heterocycles. The van der Waals surface area contributed by atoms with Crippen molar-refractivity contribution in [3.8, 4) is 0 Å². The molecule has 2 N–H and O–H groups in total. The molecule has 4 heteroatoms. The van der Waals surface area contributed by atoms with Gasteiger partial charge in [0.25, 0.3) is 0 Å². The second kappa shape index (κ2) is 4.28. The lowest BCUT2D eigenvalue weighted by Gasteiger charge is -2.31. The highest BCUT2D eigenvalue weighted by Gasteiger charge is 2.38. The van der Waals surface area contributed by atoms with E-state index in [4.69, 9.17) is 4.74 Å². The molecule has 3 unspecified atom stereocenters. The molecule has 1 amide bonds. The fourth-order valence-corrected chi connectivity index (χ4v) is 1.80. The van der Waals surface area contributed by atoms with Crippen molar-refractivity contribution in [2.24, 2.45) is 0 Å². The number of carbonyl (C=O) groups excluding carboxylic acids is 1. The van der Waals surface area contributed by atoms with Crippen molar-refractivity contribution >= 4 is 5.91 Å². The maximum absolute atomic E-state index is 11.3. The number of rotatable bonds is 3. The van der Waals surface area contributed by atoms with E-state index in [1.807, 2.05) is 13.8 Å². The Balaban J connectivity index is 2.54. The van der Waals surface area contributed by atoms with Crippen LogP contribution in [0, 0.1) is 0 Å². The minimum Gasteiger partial charge on any atom is -0.377 e. The van der Waals surface area contributed by atoms with Gasteiger partial charge in [0.1, 0.15) is 0 Å². The van der Waals surface area contributed by atoms with Gasteiger partial charge in [-0.1, -0.05) is 0 Å². The van der Waals surface area contributed by atoms with Crippen molar-refractivity contribution in [3.63, 3.8) is 0 Å². The van der Waals surface area contributed by atoms with Crippen LogP contribution in [0.4, 0.5) is 0 Å². The molecule has 0 aromatic carbocycles. The predicted octanol–water partition coefficient (Wildman–Crippen LogP) is 0.278. The van der Waals surface area contributed by atoms with Gasteiger partial charge in [0, 0.05) is 19.2 Å². The summed E-state index contributed by atoms with van der Waals surface area (Å²) in [7, 11) is 1.65. The van der Waals surface area contributed by atoms with Crippen LogP contribution < -0.4 is 10.6 Å². The molecule has 0 saturated carbocycles. The molecule has 0 bridgehead atoms. The van der Waals surface area contributed by atoms with E-state index >= 15 is 0 Å². The monoisotopic (exact) mass is 200 g/mol. The quantitative estimate of drug-likeness (QED) is 0.688. The molecule has 0 spiro atoms. The van der Waals surface area contributed by atoms with E-state index in [0.717, 1.165) is 13.0 Å². The number of hydrogen-bond donors (Lipinski definition) is 2. The Labute approximate surface area is 85.4 Å². The molecule has 0 aromatic heterocycles. The molecule has 3 atom stereocenters. The fraction of sp³-hybridized carbons (Fsp3) is 0.900. The lowest BCUT2D eigenvalue weighted by molar-refractivity contribution is -0.122. The van der Waals surface area contributed by atoms with Gasteiger partial charge >= 0.3 is 0 Å². The summed E-state index contributed by atoms with van der Waals surface area (Å²) in [6.45, 7) is 6.78. The van der Waals surface area contributed by atoms with Gasteiger partial charge in [0.15, 0.2) is 0 Å². The van der Waals surface area contributed by atoms with Crippen LogP contribution in [0.1, 0.15) is 27.2 Å². The average molecular weight is 200 g/mol. The van der Waals surface area contributed by atoms with E-state index in [9.17, 15) is 4.79 Å². The van der Waals surface area contributed by atoms with Crippen LogP contribution in [0.25, 0.3) is 0 Å². The molecule has 0 aromatic rings. The Morgan fingerprint density at radius 1 is 1.64 bits per heavy atom. The molecular weight excluding hydrogens is 180 g/mol. The first-order valence-electron chi connectivity index (χ1n) is 5.10. The predicted molar refractivity (Wildman–Crippen MR) is 55.1 cm³/mol. The third-order valence-electron chi connectivity index (χ3n) is 3.07. The van der Waals surface area contributed by atoms with Gasteiger partial charge in [0.2, 0.25) is 5.91 Å². The minimum atomic E-state index is -0.172. The number of amides is 1. The number of carbonyl (C=O) groups is 1. The van der Waals surface area contributed by atoms with Gasteiger partial charge in [-0.25, -0.2) is 0 Å². The van der Waals surface area contributed by atoms with Crippen molar-refractivity contribution in [3.05, 3.63) is 0 Å². The molecule has 14 heavy (non-hydrogen) atoms. The van der Waals surface area contributed by atoms with Gasteiger partial charge in [0.05, 0.1) is 12.1 Å². The van der Waals surface area contributed by atoms with Gasteiger partial charge in [-0.15, -0.1) is 0 Å². The van der Waals surface area contributed by atoms with E-state index in [0.29, 0.717) is 0 Å². The third kappa shape index (κ3) is 2.25. The van der Waals surface area contributed by atoms with Crippen molar-refractivity contribution in [1.29, 1.82) is 0 Å². The smallest absolute Gasteiger partial charge is 0.236 e. The molecule has 82 valence electrons. The Bertz CT molecular complexity index is 220. The van der Waals surface area contributed by atoms with Gasteiger partial charge < -0.3 is 10.1 Å². The summed E-state index contributed by atoms with van der Waals surface area (Å²) >= 11 is 0. The summed E-state index contributed by atoms with van der Waals surface area (Å²) in [4.78, 5) is 11.3. The highest BCUT2D eigenvalue weighted by molar-refractivity contribution is 5.81. The molecule has 1 rings (SSSR count). The SMILES string of the molecule is CNC(=O)C(C)NC1(C)CCOC1C. The summed E-state index contributed by atoms with van der Waals surface area (Å²) in [5.74, 6) is 0.0188. The second-order valence-corrected chi connectivity index (χ2v) is 4.16. The van der Waals surface area contributed by atoms with Crippen LogP contribution in [-0.4, -0.2) is 37.2 Å². The molecule has 0 aliphatic carbocycles. The van der Waals surface area contributed by atoms with Crippen molar-refractivity contribution in [2.45, 2.75) is 44.9 Å². The highest BCUT2D eigenvalue weighted by Crippen LogP contribution is 2.25. The van der Waals surface area contributed by atoms with Crippen LogP contribution in [0.2, 0.25) is 0 Å². The summed E-state index contributed by atoms with van der Waals surface area (Å²) < 4.78 is 5.49. The van der Waals surface area contributed by atoms with Crippen LogP contribution in [-0.2, 0) is 9.53 Å². The molecular formula is C10H20N2O2. The van der Waals surface area contributed by atoms with Crippen molar-refractivity contribution in [1.82, 2.24) is 10.6 Å². The van der Waals surface area contributed by atoms with Crippen LogP contribution in [0.5, 0.6) is 0 Å². The normalized spacial score (nSPS) is 34.1. The molecule has 4 nitrogen and oxygen atoms in total. The summed E-state index contributed by atoms with van der Waals surface area (Å²) in [5, 5.41) is 5.95. The van der Waals surface area contributed by atoms with Crippen LogP contribution in [0.3, 0.4) is 0 Å². The van der Waals surface area contributed by atoms with Crippen LogP contribution in [0.15, 0.2) is 0 Å². The zero-order valence-electron chi connectivity index (χ0n) is 9.39. The first kappa shape index (κ1) is 11.5. The van der Waals surface area contributed by atoms with E-state index in [-0.39, 0.29) is 23.6 Å². The molecule has 1 fully saturated rings. The van der Waals surface area contributed by atoms with E-state index in [2.05, 4.69) is 17.6 Å². The second-order valence-electron chi connectivity index (χ2n) is 4.16. The first-order chi connectivity index (χ1) is 6.49. The Morgan fingerprint density at radius 2 is 2.29 bits per heavy atom. The fourth-order valence-electron chi connectivity index (χ4n) is 1.80. The lowest BCUT2D eigenvalue weighted by atomic mass is 9.93. The standard InChI is InChI=1S/C10H20N2O2/c1-7(9(13)11-4)12-10(3)5-6-14-8(10)2/h7-8,12H,5-6H2,1-4H3,(H,11,13). The molecule has 1 saturated heterocycles. The zero-order valence-corrected chi connectivity index (χ0v) is 9.39. The van der Waals surface area contributed by atoms with E-state index < -0.39 is 0 Å². The van der Waals surface area contributed by atoms with Crippen molar-refractivity contribution in [2.75, 3.05) is 13.7 Å². The van der Waals surface area contributed by atoms with Crippen molar-refractivity contribution < 1.29 is 9.53 Å². The summed E-state index contributed by atoms with van der Waals surface area (Å²) in [5.41, 5.74) is -0.0775. The highest BCUT2D eigenvalue weighted by atomic mass is 16.5. The van der Waals surface area contributed by atoms with Gasteiger partial charge in [-0.05, 0) is 27.2 Å². The molecule has 0 radical (unpaired) electrons. The minimum absolute atomic E-state index is 0.0188. The number of ether oxygens (including phenoxy) is 1. The Kier molecular flexibility index (Phi) is 3.50. The topological polar surface area (TPSA) is 50.4 Å². The number of nitrogens with one attached hydrogen (secondary N) is 2. The average Bonchev–Trinajstić information content (AvgIpc) is 2.45. The maximum Gasteiger partial charge on any atom is 0.236 e. The lowest BCUT2D eigenvalue weighted by Crippen LogP contribution is -2.55. The number of likely N-dealkylation sites (N-methyl/N-ethyl adjacent to an activating group) is 1. The third-order valence-corrected chi connectivity index (χ3v) is 3.07. The Morgan fingerprint density at radius 3 is 2.71 bits per heavy atom. The zero-order chi connectivity index (χ0) is 10.8. The molecule has 1 aliphatic rings. The first-order valence-corrected chi connectivity index (χ1v) is 5.10. The summed E-state index contributed by atoms with van der Waals surface area (Å²) in [6.07, 6.45) is 1.12. The number of hydrogen-bond acceptors (Lipinski definition) is 3. The molecule has 1 aliphatic heterocycles. The largest absolute Gasteiger partial charge is 0.377 e. The van der Waals surface area contributed by atoms with Crippen LogP contribution >= 0.6 is 0 Å². The summed E-state index contributed by atoms with van der Waals surface area (Å²) in [6, 6.07) is -0.172. The van der Waals surface area contributed by atoms with E-state index in [1.54, 1.807) is 7.05 Å².